The summed E-state index contributed by atoms with van der Waals surface area (Å²) in [5, 5.41) is 9.12. The van der Waals surface area contributed by atoms with Gasteiger partial charge in [-0.25, -0.2) is 9.97 Å². The molecule has 1 aliphatic carbocycles. The number of nitrogens with zero attached hydrogens (tertiary/aromatic N) is 3. The van der Waals surface area contributed by atoms with Crippen molar-refractivity contribution >= 4 is 11.6 Å². The Morgan fingerprint density at radius 2 is 2.00 bits per heavy atom. The topological polar surface area (TPSA) is 75.3 Å². The van der Waals surface area contributed by atoms with Crippen molar-refractivity contribution in [2.75, 3.05) is 23.8 Å². The van der Waals surface area contributed by atoms with Crippen LogP contribution in [0.4, 0.5) is 11.6 Å². The molecule has 0 radical (unpaired) electrons. The van der Waals surface area contributed by atoms with Crippen LogP contribution < -0.4 is 10.6 Å². The summed E-state index contributed by atoms with van der Waals surface area (Å²) in [6, 6.07) is 0.450. The number of aliphatic hydroxyl groups is 1. The van der Waals surface area contributed by atoms with Crippen LogP contribution in [-0.2, 0) is 0 Å². The monoisotopic (exact) mass is 222 g/mol. The minimum atomic E-state index is 0.118. The van der Waals surface area contributed by atoms with Gasteiger partial charge in [0, 0.05) is 25.0 Å². The van der Waals surface area contributed by atoms with E-state index >= 15 is 0 Å². The lowest BCUT2D eigenvalue weighted by molar-refractivity contribution is 0.297. The molecule has 1 aromatic rings. The molecule has 0 spiro atoms. The van der Waals surface area contributed by atoms with Crippen LogP contribution in [0.2, 0.25) is 0 Å². The minimum Gasteiger partial charge on any atom is -0.395 e. The molecule has 5 heteroatoms. The highest BCUT2D eigenvalue weighted by atomic mass is 16.3. The second-order valence-electron chi connectivity index (χ2n) is 4.12. The molecule has 0 unspecified atom stereocenters. The van der Waals surface area contributed by atoms with Gasteiger partial charge in [0.05, 0.1) is 6.61 Å². The van der Waals surface area contributed by atoms with Crippen LogP contribution in [0.5, 0.6) is 0 Å². The Kier molecular flexibility index (Phi) is 3.56. The van der Waals surface area contributed by atoms with E-state index in [-0.39, 0.29) is 6.61 Å². The molecule has 1 aromatic heterocycles. The lowest BCUT2D eigenvalue weighted by atomic mass is 10.2. The first kappa shape index (κ1) is 11.1. The number of nitrogens with two attached hydrogens (primary N) is 1. The Labute approximate surface area is 95.3 Å². The summed E-state index contributed by atoms with van der Waals surface area (Å²) in [5.41, 5.74) is 5.82. The lowest BCUT2D eigenvalue weighted by Crippen LogP contribution is -2.37. The van der Waals surface area contributed by atoms with Gasteiger partial charge in [-0.3, -0.25) is 0 Å². The summed E-state index contributed by atoms with van der Waals surface area (Å²) in [7, 11) is 0. The van der Waals surface area contributed by atoms with E-state index in [1.165, 1.54) is 12.8 Å². The van der Waals surface area contributed by atoms with Crippen molar-refractivity contribution in [1.29, 1.82) is 0 Å². The van der Waals surface area contributed by atoms with Crippen LogP contribution in [0, 0.1) is 0 Å². The zero-order valence-corrected chi connectivity index (χ0v) is 9.34. The van der Waals surface area contributed by atoms with Gasteiger partial charge < -0.3 is 15.7 Å². The summed E-state index contributed by atoms with van der Waals surface area (Å²) in [4.78, 5) is 10.4. The van der Waals surface area contributed by atoms with E-state index in [1.54, 1.807) is 12.4 Å². The predicted octanol–water partition coefficient (Wildman–Crippen LogP) is 0.800. The first-order valence-corrected chi connectivity index (χ1v) is 5.77. The molecule has 0 atom stereocenters. The Hall–Kier alpha value is -1.36. The van der Waals surface area contributed by atoms with E-state index in [0.717, 1.165) is 12.8 Å². The highest BCUT2D eigenvalue weighted by Gasteiger charge is 2.24. The molecule has 2 rings (SSSR count). The number of aromatic nitrogens is 2. The van der Waals surface area contributed by atoms with E-state index < -0.39 is 0 Å². The molecule has 5 nitrogen and oxygen atoms in total. The second-order valence-corrected chi connectivity index (χ2v) is 4.12. The average molecular weight is 222 g/mol. The first-order chi connectivity index (χ1) is 7.83. The van der Waals surface area contributed by atoms with Crippen LogP contribution in [-0.4, -0.2) is 34.3 Å². The van der Waals surface area contributed by atoms with Crippen molar-refractivity contribution in [2.45, 2.75) is 31.7 Å². The molecule has 1 heterocycles. The van der Waals surface area contributed by atoms with E-state index in [2.05, 4.69) is 14.9 Å². The molecule has 0 aliphatic heterocycles. The largest absolute Gasteiger partial charge is 0.395 e. The van der Waals surface area contributed by atoms with Crippen molar-refractivity contribution in [1.82, 2.24) is 9.97 Å². The van der Waals surface area contributed by atoms with Gasteiger partial charge in [-0.05, 0) is 12.8 Å². The number of hydrogen-bond acceptors (Lipinski definition) is 5. The third-order valence-electron chi connectivity index (χ3n) is 3.08. The van der Waals surface area contributed by atoms with Crippen molar-refractivity contribution in [2.24, 2.45) is 0 Å². The molecule has 0 aromatic carbocycles. The predicted molar refractivity (Wildman–Crippen MR) is 63.1 cm³/mol. The molecule has 0 saturated heterocycles. The smallest absolute Gasteiger partial charge is 0.171 e. The maximum Gasteiger partial charge on any atom is 0.171 e. The van der Waals surface area contributed by atoms with Crippen LogP contribution in [0.25, 0.3) is 0 Å². The van der Waals surface area contributed by atoms with Gasteiger partial charge in [-0.2, -0.15) is 0 Å². The van der Waals surface area contributed by atoms with Gasteiger partial charge in [0.15, 0.2) is 11.6 Å². The van der Waals surface area contributed by atoms with Crippen molar-refractivity contribution in [3.05, 3.63) is 12.4 Å². The zero-order valence-electron chi connectivity index (χ0n) is 9.34. The average Bonchev–Trinajstić information content (AvgIpc) is 2.80. The molecule has 16 heavy (non-hydrogen) atoms. The SMILES string of the molecule is Nc1nccnc1N(CCO)C1CCCC1. The Morgan fingerprint density at radius 3 is 2.62 bits per heavy atom. The summed E-state index contributed by atoms with van der Waals surface area (Å²) in [6.45, 7) is 0.695. The van der Waals surface area contributed by atoms with Crippen molar-refractivity contribution in [3.63, 3.8) is 0 Å². The number of rotatable bonds is 4. The number of anilines is 2. The van der Waals surface area contributed by atoms with Crippen molar-refractivity contribution < 1.29 is 5.11 Å². The van der Waals surface area contributed by atoms with Gasteiger partial charge in [-0.15, -0.1) is 0 Å². The van der Waals surface area contributed by atoms with E-state index in [0.29, 0.717) is 24.2 Å². The van der Waals surface area contributed by atoms with Crippen LogP contribution >= 0.6 is 0 Å². The number of aliphatic hydroxyl groups excluding tert-OH is 1. The molecule has 3 N–H and O–H groups in total. The van der Waals surface area contributed by atoms with Gasteiger partial charge >= 0.3 is 0 Å². The summed E-state index contributed by atoms with van der Waals surface area (Å²) in [6.07, 6.45) is 8.02. The molecule has 88 valence electrons. The molecule has 1 aliphatic rings. The third-order valence-corrected chi connectivity index (χ3v) is 3.08. The Balaban J connectivity index is 2.21. The van der Waals surface area contributed by atoms with Gasteiger partial charge in [0.1, 0.15) is 0 Å². The molecule has 0 bridgehead atoms. The second kappa shape index (κ2) is 5.12. The minimum absolute atomic E-state index is 0.118. The maximum absolute atomic E-state index is 9.12. The highest BCUT2D eigenvalue weighted by molar-refractivity contribution is 5.58. The fourth-order valence-corrected chi connectivity index (χ4v) is 2.35. The van der Waals surface area contributed by atoms with Crippen LogP contribution in [0.1, 0.15) is 25.7 Å². The van der Waals surface area contributed by atoms with Crippen LogP contribution in [0.15, 0.2) is 12.4 Å². The van der Waals surface area contributed by atoms with E-state index in [9.17, 15) is 0 Å². The van der Waals surface area contributed by atoms with Crippen LogP contribution in [0.3, 0.4) is 0 Å². The van der Waals surface area contributed by atoms with Gasteiger partial charge in [0.25, 0.3) is 0 Å². The van der Waals surface area contributed by atoms with Gasteiger partial charge in [-0.1, -0.05) is 12.8 Å². The summed E-state index contributed by atoms with van der Waals surface area (Å²) in [5.74, 6) is 1.16. The molecule has 1 fully saturated rings. The van der Waals surface area contributed by atoms with Gasteiger partial charge in [0.2, 0.25) is 0 Å². The molecule has 0 amide bonds. The number of nitrogen functional groups attached to an aromatic ring is 1. The number of hydrogen-bond donors (Lipinski definition) is 2. The molecule has 1 saturated carbocycles. The lowest BCUT2D eigenvalue weighted by Gasteiger charge is -2.29. The van der Waals surface area contributed by atoms with Crippen molar-refractivity contribution in [3.8, 4) is 0 Å². The fraction of sp³-hybridized carbons (Fsp3) is 0.636. The molecular formula is C11H18N4O. The van der Waals surface area contributed by atoms with E-state index in [1.807, 2.05) is 0 Å². The summed E-state index contributed by atoms with van der Waals surface area (Å²) < 4.78 is 0. The summed E-state index contributed by atoms with van der Waals surface area (Å²) >= 11 is 0. The Morgan fingerprint density at radius 1 is 1.31 bits per heavy atom. The normalized spacial score (nSPS) is 16.6. The van der Waals surface area contributed by atoms with E-state index in [4.69, 9.17) is 10.8 Å². The first-order valence-electron chi connectivity index (χ1n) is 5.77. The third kappa shape index (κ3) is 2.24. The zero-order chi connectivity index (χ0) is 11.4. The maximum atomic E-state index is 9.12. The standard InChI is InChI=1S/C11H18N4O/c12-10-11(14-6-5-13-10)15(7-8-16)9-3-1-2-4-9/h5-6,9,16H,1-4,7-8H2,(H2,12,13). The Bertz CT molecular complexity index is 339. The fourth-order valence-electron chi connectivity index (χ4n) is 2.35. The quantitative estimate of drug-likeness (QED) is 0.788. The highest BCUT2D eigenvalue weighted by Crippen LogP contribution is 2.28. The molecular weight excluding hydrogens is 204 g/mol.